The first-order valence-corrected chi connectivity index (χ1v) is 12.2. The summed E-state index contributed by atoms with van der Waals surface area (Å²) in [6.45, 7) is 6.05. The molecule has 144 valence electrons. The van der Waals surface area contributed by atoms with Crippen molar-refractivity contribution in [2.24, 2.45) is 0 Å². The van der Waals surface area contributed by atoms with E-state index in [0.29, 0.717) is 18.7 Å². The molecular formula is C17H24N2O5S2. The van der Waals surface area contributed by atoms with Gasteiger partial charge in [-0.15, -0.1) is 0 Å². The predicted octanol–water partition coefficient (Wildman–Crippen LogP) is 0.425. The Morgan fingerprint density at radius 2 is 1.73 bits per heavy atom. The summed E-state index contributed by atoms with van der Waals surface area (Å²) in [5.41, 5.74) is 0.452. The minimum atomic E-state index is -3.70. The topological polar surface area (TPSA) is 91.8 Å². The molecule has 2 fully saturated rings. The molecule has 2 aliphatic rings. The molecule has 0 N–H and O–H groups in total. The average Bonchev–Trinajstić information content (AvgIpc) is 3.02. The molecule has 1 amide bonds. The van der Waals surface area contributed by atoms with E-state index < -0.39 is 24.9 Å². The van der Waals surface area contributed by atoms with Crippen LogP contribution >= 0.6 is 0 Å². The van der Waals surface area contributed by atoms with Crippen molar-refractivity contribution in [3.8, 4) is 0 Å². The lowest BCUT2D eigenvalue weighted by atomic mass is 10.2. The van der Waals surface area contributed by atoms with Gasteiger partial charge in [0.15, 0.2) is 19.7 Å². The minimum Gasteiger partial charge on any atom is -0.336 e. The minimum absolute atomic E-state index is 0.0759. The second-order valence-corrected chi connectivity index (χ2v) is 11.3. The number of amides is 1. The summed E-state index contributed by atoms with van der Waals surface area (Å²) >= 11 is 0. The lowest BCUT2D eigenvalue weighted by Gasteiger charge is -2.34. The van der Waals surface area contributed by atoms with Gasteiger partial charge in [-0.2, -0.15) is 0 Å². The highest BCUT2D eigenvalue weighted by Gasteiger charge is 2.38. The first kappa shape index (κ1) is 19.3. The van der Waals surface area contributed by atoms with Gasteiger partial charge in [-0.05, 0) is 37.2 Å². The van der Waals surface area contributed by atoms with Crippen molar-refractivity contribution in [2.45, 2.75) is 23.5 Å². The second kappa shape index (κ2) is 7.28. The van der Waals surface area contributed by atoms with E-state index in [1.807, 2.05) is 0 Å². The number of sulfone groups is 2. The predicted molar refractivity (Wildman–Crippen MR) is 98.7 cm³/mol. The Kier molecular flexibility index (Phi) is 5.41. The number of carbonyl (C=O) groups is 1. The van der Waals surface area contributed by atoms with E-state index in [9.17, 15) is 21.6 Å². The van der Waals surface area contributed by atoms with Gasteiger partial charge in [0.2, 0.25) is 0 Å². The van der Waals surface area contributed by atoms with E-state index in [0.717, 1.165) is 19.6 Å². The number of benzene rings is 1. The molecule has 9 heteroatoms. The molecule has 1 aromatic rings. The SMILES string of the molecule is CCN1CCN(C(=O)c2ccc(S(=O)(=O)C3CCS(=O)(=O)C3)cc2)CC1. The summed E-state index contributed by atoms with van der Waals surface area (Å²) in [6.07, 6.45) is 0.132. The van der Waals surface area contributed by atoms with E-state index in [2.05, 4.69) is 11.8 Å². The maximum atomic E-state index is 12.6. The molecule has 0 radical (unpaired) electrons. The Morgan fingerprint density at radius 1 is 1.12 bits per heavy atom. The van der Waals surface area contributed by atoms with E-state index in [4.69, 9.17) is 0 Å². The molecule has 0 spiro atoms. The van der Waals surface area contributed by atoms with Crippen LogP contribution in [-0.2, 0) is 19.7 Å². The van der Waals surface area contributed by atoms with Gasteiger partial charge in [-0.25, -0.2) is 16.8 Å². The Balaban J connectivity index is 1.71. The van der Waals surface area contributed by atoms with Crippen LogP contribution in [0.1, 0.15) is 23.7 Å². The summed E-state index contributed by atoms with van der Waals surface area (Å²) in [7, 11) is -6.97. The van der Waals surface area contributed by atoms with Gasteiger partial charge in [0.1, 0.15) is 0 Å². The highest BCUT2D eigenvalue weighted by molar-refractivity contribution is 7.96. The zero-order valence-electron chi connectivity index (χ0n) is 14.8. The van der Waals surface area contributed by atoms with Crippen LogP contribution in [0.3, 0.4) is 0 Å². The normalized spacial score (nSPS) is 23.9. The fourth-order valence-electron chi connectivity index (χ4n) is 3.44. The van der Waals surface area contributed by atoms with Gasteiger partial charge in [0.25, 0.3) is 5.91 Å². The summed E-state index contributed by atoms with van der Waals surface area (Å²) in [5.74, 6) is -0.511. The molecule has 3 rings (SSSR count). The largest absolute Gasteiger partial charge is 0.336 e. The molecule has 2 saturated heterocycles. The van der Waals surface area contributed by atoms with Crippen LogP contribution in [0.25, 0.3) is 0 Å². The van der Waals surface area contributed by atoms with E-state index >= 15 is 0 Å². The molecule has 0 bridgehead atoms. The van der Waals surface area contributed by atoms with Crippen LogP contribution < -0.4 is 0 Å². The highest BCUT2D eigenvalue weighted by Crippen LogP contribution is 2.25. The zero-order chi connectivity index (χ0) is 18.9. The summed E-state index contributed by atoms with van der Waals surface area (Å²) in [6, 6.07) is 5.86. The van der Waals surface area contributed by atoms with Crippen LogP contribution in [0.4, 0.5) is 0 Å². The van der Waals surface area contributed by atoms with Gasteiger partial charge < -0.3 is 9.80 Å². The third-order valence-corrected chi connectivity index (χ3v) is 9.35. The maximum Gasteiger partial charge on any atom is 0.253 e. The molecular weight excluding hydrogens is 376 g/mol. The first-order chi connectivity index (χ1) is 12.2. The van der Waals surface area contributed by atoms with Crippen molar-refractivity contribution in [2.75, 3.05) is 44.2 Å². The smallest absolute Gasteiger partial charge is 0.253 e. The highest BCUT2D eigenvalue weighted by atomic mass is 32.2. The Bertz CT molecular complexity index is 870. The van der Waals surface area contributed by atoms with Crippen molar-refractivity contribution >= 4 is 25.6 Å². The third-order valence-electron chi connectivity index (χ3n) is 5.17. The van der Waals surface area contributed by atoms with E-state index in [-0.39, 0.29) is 28.7 Å². The van der Waals surface area contributed by atoms with E-state index in [1.165, 1.54) is 24.3 Å². The van der Waals surface area contributed by atoms with Crippen molar-refractivity contribution in [3.63, 3.8) is 0 Å². The molecule has 0 aromatic heterocycles. The number of hydrogen-bond acceptors (Lipinski definition) is 6. The number of piperazine rings is 1. The number of carbonyl (C=O) groups excluding carboxylic acids is 1. The molecule has 26 heavy (non-hydrogen) atoms. The van der Waals surface area contributed by atoms with Gasteiger partial charge >= 0.3 is 0 Å². The monoisotopic (exact) mass is 400 g/mol. The van der Waals surface area contributed by atoms with Crippen LogP contribution in [-0.4, -0.2) is 82.0 Å². The number of nitrogens with zero attached hydrogens (tertiary/aromatic N) is 2. The standard InChI is InChI=1S/C17H24N2O5S2/c1-2-18-8-10-19(11-9-18)17(20)14-3-5-15(6-4-14)26(23,24)16-7-12-25(21,22)13-16/h3-6,16H,2,7-13H2,1H3. The Hall–Kier alpha value is -1.45. The van der Waals surface area contributed by atoms with Crippen molar-refractivity contribution in [3.05, 3.63) is 29.8 Å². The molecule has 7 nitrogen and oxygen atoms in total. The summed E-state index contributed by atoms with van der Waals surface area (Å²) < 4.78 is 48.3. The summed E-state index contributed by atoms with van der Waals surface area (Å²) in [5, 5.41) is -0.892. The van der Waals surface area contributed by atoms with Crippen LogP contribution in [0, 0.1) is 0 Å². The molecule has 1 aromatic carbocycles. The van der Waals surface area contributed by atoms with Crippen LogP contribution in [0.5, 0.6) is 0 Å². The first-order valence-electron chi connectivity index (χ1n) is 8.79. The fourth-order valence-corrected chi connectivity index (χ4v) is 7.79. The Morgan fingerprint density at radius 3 is 2.23 bits per heavy atom. The second-order valence-electron chi connectivity index (χ2n) is 6.82. The average molecular weight is 401 g/mol. The summed E-state index contributed by atoms with van der Waals surface area (Å²) in [4.78, 5) is 16.7. The van der Waals surface area contributed by atoms with Gasteiger partial charge in [-0.1, -0.05) is 6.92 Å². The van der Waals surface area contributed by atoms with Crippen molar-refractivity contribution in [1.82, 2.24) is 9.80 Å². The zero-order valence-corrected chi connectivity index (χ0v) is 16.4. The molecule has 2 heterocycles. The lowest BCUT2D eigenvalue weighted by Crippen LogP contribution is -2.48. The van der Waals surface area contributed by atoms with Crippen LogP contribution in [0.2, 0.25) is 0 Å². The molecule has 2 aliphatic heterocycles. The number of hydrogen-bond donors (Lipinski definition) is 0. The maximum absolute atomic E-state index is 12.6. The number of rotatable bonds is 4. The van der Waals surface area contributed by atoms with Gasteiger partial charge in [0, 0.05) is 31.7 Å². The Labute approximate surface area is 154 Å². The number of likely N-dealkylation sites (N-methyl/N-ethyl adjacent to an activating group) is 1. The quantitative estimate of drug-likeness (QED) is 0.728. The van der Waals surface area contributed by atoms with Crippen molar-refractivity contribution < 1.29 is 21.6 Å². The third kappa shape index (κ3) is 3.94. The fraction of sp³-hybridized carbons (Fsp3) is 0.588. The lowest BCUT2D eigenvalue weighted by molar-refractivity contribution is 0.0643. The molecule has 0 aliphatic carbocycles. The van der Waals surface area contributed by atoms with E-state index in [1.54, 1.807) is 4.90 Å². The molecule has 1 unspecified atom stereocenters. The van der Waals surface area contributed by atoms with Gasteiger partial charge in [0.05, 0.1) is 21.7 Å². The van der Waals surface area contributed by atoms with Gasteiger partial charge in [-0.3, -0.25) is 4.79 Å². The molecule has 0 saturated carbocycles. The van der Waals surface area contributed by atoms with Crippen LogP contribution in [0.15, 0.2) is 29.2 Å². The molecule has 1 atom stereocenters. The van der Waals surface area contributed by atoms with Crippen molar-refractivity contribution in [1.29, 1.82) is 0 Å².